The minimum absolute atomic E-state index is 0.106. The van der Waals surface area contributed by atoms with Crippen LogP contribution in [0.5, 0.6) is 0 Å². The van der Waals surface area contributed by atoms with Gasteiger partial charge in [-0.1, -0.05) is 19.1 Å². The molecule has 0 radical (unpaired) electrons. The Kier molecular flexibility index (Phi) is 5.01. The standard InChI is InChI=1S/C16H20N2O4S/c1-4-18(12(3)9-15(19)20)23(21,22)14-7-5-6-13-8-11(2)10-17-16(13)14/h5-8,10,12H,4,9H2,1-3H3,(H,19,20). The lowest BCUT2D eigenvalue weighted by Crippen LogP contribution is -2.39. The number of aliphatic carboxylic acids is 1. The fourth-order valence-electron chi connectivity index (χ4n) is 2.65. The Morgan fingerprint density at radius 2 is 2.09 bits per heavy atom. The van der Waals surface area contributed by atoms with Crippen LogP contribution in [0.1, 0.15) is 25.8 Å². The molecule has 0 saturated heterocycles. The van der Waals surface area contributed by atoms with Crippen LogP contribution in [0, 0.1) is 6.92 Å². The fourth-order valence-corrected chi connectivity index (χ4v) is 4.46. The number of sulfonamides is 1. The Balaban J connectivity index is 2.56. The van der Waals surface area contributed by atoms with E-state index in [-0.39, 0.29) is 17.9 Å². The van der Waals surface area contributed by atoms with Crippen LogP contribution in [0.25, 0.3) is 10.9 Å². The van der Waals surface area contributed by atoms with Crippen molar-refractivity contribution in [3.05, 3.63) is 36.0 Å². The first-order valence-electron chi connectivity index (χ1n) is 7.36. The van der Waals surface area contributed by atoms with Gasteiger partial charge in [-0.2, -0.15) is 4.31 Å². The molecular formula is C16H20N2O4S. The number of aromatic nitrogens is 1. The van der Waals surface area contributed by atoms with Crippen molar-refractivity contribution < 1.29 is 18.3 Å². The number of hydrogen-bond donors (Lipinski definition) is 1. The van der Waals surface area contributed by atoms with E-state index in [1.54, 1.807) is 26.1 Å². The Morgan fingerprint density at radius 1 is 1.39 bits per heavy atom. The van der Waals surface area contributed by atoms with Gasteiger partial charge in [0.1, 0.15) is 4.90 Å². The van der Waals surface area contributed by atoms with Crippen LogP contribution in [0.4, 0.5) is 0 Å². The second-order valence-corrected chi connectivity index (χ2v) is 7.35. The third-order valence-corrected chi connectivity index (χ3v) is 5.79. The van der Waals surface area contributed by atoms with Crippen LogP contribution in [-0.2, 0) is 14.8 Å². The third-order valence-electron chi connectivity index (χ3n) is 3.67. The van der Waals surface area contributed by atoms with E-state index >= 15 is 0 Å². The maximum Gasteiger partial charge on any atom is 0.304 e. The molecule has 0 aliphatic heterocycles. The van der Waals surface area contributed by atoms with Crippen LogP contribution in [-0.4, -0.2) is 41.4 Å². The van der Waals surface area contributed by atoms with E-state index in [1.165, 1.54) is 10.4 Å². The minimum atomic E-state index is -3.83. The van der Waals surface area contributed by atoms with Crippen molar-refractivity contribution in [1.82, 2.24) is 9.29 Å². The van der Waals surface area contributed by atoms with Gasteiger partial charge in [-0.3, -0.25) is 9.78 Å². The molecular weight excluding hydrogens is 316 g/mol. The largest absolute Gasteiger partial charge is 0.481 e. The third kappa shape index (κ3) is 3.51. The maximum absolute atomic E-state index is 13.0. The highest BCUT2D eigenvalue weighted by atomic mass is 32.2. The molecule has 2 rings (SSSR count). The molecule has 2 aromatic rings. The zero-order chi connectivity index (χ0) is 17.2. The zero-order valence-corrected chi connectivity index (χ0v) is 14.2. The number of aryl methyl sites for hydroxylation is 1. The molecule has 1 heterocycles. The van der Waals surface area contributed by atoms with E-state index < -0.39 is 22.0 Å². The number of para-hydroxylation sites is 1. The van der Waals surface area contributed by atoms with Gasteiger partial charge in [0.25, 0.3) is 0 Å². The molecule has 1 atom stereocenters. The summed E-state index contributed by atoms with van der Waals surface area (Å²) in [6, 6.07) is 6.23. The molecule has 6 nitrogen and oxygen atoms in total. The van der Waals surface area contributed by atoms with Crippen molar-refractivity contribution in [3.8, 4) is 0 Å². The summed E-state index contributed by atoms with van der Waals surface area (Å²) in [6.07, 6.45) is 1.38. The highest BCUT2D eigenvalue weighted by molar-refractivity contribution is 7.89. The Morgan fingerprint density at radius 3 is 2.70 bits per heavy atom. The minimum Gasteiger partial charge on any atom is -0.481 e. The molecule has 0 aliphatic carbocycles. The highest BCUT2D eigenvalue weighted by Gasteiger charge is 2.30. The van der Waals surface area contributed by atoms with E-state index in [9.17, 15) is 13.2 Å². The predicted molar refractivity (Wildman–Crippen MR) is 87.8 cm³/mol. The summed E-state index contributed by atoms with van der Waals surface area (Å²) in [5.74, 6) is -1.03. The molecule has 1 unspecified atom stereocenters. The topological polar surface area (TPSA) is 87.6 Å². The van der Waals surface area contributed by atoms with Gasteiger partial charge in [-0.05, 0) is 31.5 Å². The summed E-state index contributed by atoms with van der Waals surface area (Å²) < 4.78 is 27.2. The number of fused-ring (bicyclic) bond motifs is 1. The normalized spacial score (nSPS) is 13.4. The molecule has 23 heavy (non-hydrogen) atoms. The second-order valence-electron chi connectivity index (χ2n) is 5.50. The zero-order valence-electron chi connectivity index (χ0n) is 13.4. The first-order valence-corrected chi connectivity index (χ1v) is 8.80. The Hall–Kier alpha value is -1.99. The van der Waals surface area contributed by atoms with Crippen LogP contribution in [0.3, 0.4) is 0 Å². The summed E-state index contributed by atoms with van der Waals surface area (Å²) in [5.41, 5.74) is 1.35. The van der Waals surface area contributed by atoms with Gasteiger partial charge in [-0.25, -0.2) is 8.42 Å². The van der Waals surface area contributed by atoms with Crippen LogP contribution in [0.15, 0.2) is 35.4 Å². The summed E-state index contributed by atoms with van der Waals surface area (Å²) in [6.45, 7) is 5.37. The lowest BCUT2D eigenvalue weighted by atomic mass is 10.2. The van der Waals surface area contributed by atoms with E-state index in [0.29, 0.717) is 5.52 Å². The number of benzene rings is 1. The Bertz CT molecular complexity index is 833. The predicted octanol–water partition coefficient (Wildman–Crippen LogP) is 2.42. The summed E-state index contributed by atoms with van der Waals surface area (Å²) >= 11 is 0. The first kappa shape index (κ1) is 17.4. The van der Waals surface area contributed by atoms with E-state index in [1.807, 2.05) is 19.1 Å². The van der Waals surface area contributed by atoms with Crippen molar-refractivity contribution in [3.63, 3.8) is 0 Å². The van der Waals surface area contributed by atoms with E-state index in [2.05, 4.69) is 4.98 Å². The Labute approximate surface area is 135 Å². The second kappa shape index (κ2) is 6.64. The van der Waals surface area contributed by atoms with Gasteiger partial charge < -0.3 is 5.11 Å². The molecule has 0 saturated carbocycles. The van der Waals surface area contributed by atoms with Crippen LogP contribution >= 0.6 is 0 Å². The number of carbonyl (C=O) groups is 1. The van der Waals surface area contributed by atoms with Gasteiger partial charge in [-0.15, -0.1) is 0 Å². The van der Waals surface area contributed by atoms with Crippen molar-refractivity contribution in [2.75, 3.05) is 6.54 Å². The van der Waals surface area contributed by atoms with Crippen molar-refractivity contribution in [2.45, 2.75) is 38.1 Å². The number of pyridine rings is 1. The van der Waals surface area contributed by atoms with Gasteiger partial charge in [0.05, 0.1) is 11.9 Å². The lowest BCUT2D eigenvalue weighted by molar-refractivity contribution is -0.137. The fraction of sp³-hybridized carbons (Fsp3) is 0.375. The summed E-state index contributed by atoms with van der Waals surface area (Å²) in [7, 11) is -3.83. The molecule has 0 bridgehead atoms. The van der Waals surface area contributed by atoms with Crippen molar-refractivity contribution in [1.29, 1.82) is 0 Å². The number of carboxylic acids is 1. The maximum atomic E-state index is 13.0. The van der Waals surface area contributed by atoms with Crippen molar-refractivity contribution in [2.24, 2.45) is 0 Å². The SMILES string of the molecule is CCN(C(C)CC(=O)O)S(=O)(=O)c1cccc2cc(C)cnc12. The molecule has 1 N–H and O–H groups in total. The molecule has 7 heteroatoms. The molecule has 1 aromatic heterocycles. The van der Waals surface area contributed by atoms with Gasteiger partial charge in [0.15, 0.2) is 0 Å². The number of hydrogen-bond acceptors (Lipinski definition) is 4. The first-order chi connectivity index (χ1) is 10.8. The van der Waals surface area contributed by atoms with E-state index in [4.69, 9.17) is 5.11 Å². The van der Waals surface area contributed by atoms with Gasteiger partial charge in [0.2, 0.25) is 10.0 Å². The van der Waals surface area contributed by atoms with Gasteiger partial charge in [0, 0.05) is 24.2 Å². The number of rotatable bonds is 6. The van der Waals surface area contributed by atoms with Crippen LogP contribution in [0.2, 0.25) is 0 Å². The molecule has 0 fully saturated rings. The number of nitrogens with zero attached hydrogens (tertiary/aromatic N) is 2. The smallest absolute Gasteiger partial charge is 0.304 e. The molecule has 1 aromatic carbocycles. The van der Waals surface area contributed by atoms with Crippen molar-refractivity contribution >= 4 is 26.9 Å². The number of carboxylic acid groups (broad SMARTS) is 1. The monoisotopic (exact) mass is 336 g/mol. The summed E-state index contributed by atoms with van der Waals surface area (Å²) in [4.78, 5) is 15.3. The quantitative estimate of drug-likeness (QED) is 0.875. The highest BCUT2D eigenvalue weighted by Crippen LogP contribution is 2.26. The average Bonchev–Trinajstić information content (AvgIpc) is 2.45. The molecule has 124 valence electrons. The average molecular weight is 336 g/mol. The lowest BCUT2D eigenvalue weighted by Gasteiger charge is -2.26. The molecule has 0 aliphatic rings. The molecule has 0 amide bonds. The van der Waals surface area contributed by atoms with Gasteiger partial charge >= 0.3 is 5.97 Å². The summed E-state index contributed by atoms with van der Waals surface area (Å²) in [5, 5.41) is 9.68. The molecule has 0 spiro atoms. The van der Waals surface area contributed by atoms with E-state index in [0.717, 1.165) is 10.9 Å². The van der Waals surface area contributed by atoms with Crippen LogP contribution < -0.4 is 0 Å².